The molecule has 1 aliphatic heterocycles. The summed E-state index contributed by atoms with van der Waals surface area (Å²) < 4.78 is 5.90. The monoisotopic (exact) mass is 474 g/mol. The summed E-state index contributed by atoms with van der Waals surface area (Å²) in [6.07, 6.45) is 1.26. The van der Waals surface area contributed by atoms with E-state index in [-0.39, 0.29) is 30.1 Å². The van der Waals surface area contributed by atoms with E-state index in [0.717, 1.165) is 51.7 Å². The Hall–Kier alpha value is -0.860. The molecule has 0 spiro atoms. The van der Waals surface area contributed by atoms with Crippen LogP contribution >= 0.6 is 24.0 Å². The molecule has 0 aliphatic carbocycles. The Balaban J connectivity index is 0.00000338. The van der Waals surface area contributed by atoms with Crippen molar-refractivity contribution in [3.63, 3.8) is 0 Å². The third-order valence-corrected chi connectivity index (χ3v) is 4.51. The van der Waals surface area contributed by atoms with Gasteiger partial charge in [-0.25, -0.2) is 0 Å². The lowest BCUT2D eigenvalue weighted by Gasteiger charge is -2.34. The maximum atomic E-state index is 5.90. The zero-order chi connectivity index (χ0) is 18.1. The van der Waals surface area contributed by atoms with E-state index in [1.165, 1.54) is 11.1 Å². The van der Waals surface area contributed by atoms with Crippen molar-refractivity contribution in [2.45, 2.75) is 39.8 Å². The highest BCUT2D eigenvalue weighted by atomic mass is 127. The van der Waals surface area contributed by atoms with Crippen molar-refractivity contribution in [1.29, 1.82) is 0 Å². The number of nitrogens with zero attached hydrogens (tertiary/aromatic N) is 2. The second-order valence-electron chi connectivity index (χ2n) is 7.08. The molecule has 1 unspecified atom stereocenters. The molecule has 1 aromatic carbocycles. The molecule has 26 heavy (non-hydrogen) atoms. The van der Waals surface area contributed by atoms with Crippen LogP contribution in [0, 0.1) is 5.92 Å². The Kier molecular flexibility index (Phi) is 11.2. The summed E-state index contributed by atoms with van der Waals surface area (Å²) in [5.74, 6) is 1.52. The van der Waals surface area contributed by atoms with Gasteiger partial charge in [0.15, 0.2) is 5.96 Å². The van der Waals surface area contributed by atoms with Crippen molar-refractivity contribution in [3.05, 3.63) is 35.4 Å². The van der Waals surface area contributed by atoms with Gasteiger partial charge in [-0.2, -0.15) is 0 Å². The van der Waals surface area contributed by atoms with Crippen molar-refractivity contribution in [3.8, 4) is 0 Å². The van der Waals surface area contributed by atoms with Crippen molar-refractivity contribution >= 4 is 29.9 Å². The number of aryl methyl sites for hydroxylation is 1. The zero-order valence-corrected chi connectivity index (χ0v) is 19.0. The van der Waals surface area contributed by atoms with Crippen LogP contribution in [0.4, 0.5) is 0 Å². The molecule has 1 fully saturated rings. The quantitative estimate of drug-likeness (QED) is 0.363. The van der Waals surface area contributed by atoms with Gasteiger partial charge in [0.1, 0.15) is 0 Å². The second-order valence-corrected chi connectivity index (χ2v) is 7.08. The molecular weight excluding hydrogens is 439 g/mol. The fourth-order valence-corrected chi connectivity index (χ4v) is 3.27. The molecule has 1 saturated heterocycles. The number of guanidine groups is 1. The molecule has 0 amide bonds. The number of morpholine rings is 1. The Morgan fingerprint density at radius 2 is 2.00 bits per heavy atom. The van der Waals surface area contributed by atoms with Gasteiger partial charge in [-0.3, -0.25) is 9.89 Å². The van der Waals surface area contributed by atoms with Crippen LogP contribution in [0.15, 0.2) is 29.3 Å². The lowest BCUT2D eigenvalue weighted by Crippen LogP contribution is -2.50. The first kappa shape index (κ1) is 23.2. The molecule has 0 saturated carbocycles. The summed E-state index contributed by atoms with van der Waals surface area (Å²) in [5, 5.41) is 6.82. The summed E-state index contributed by atoms with van der Waals surface area (Å²) in [6.45, 7) is 12.3. The van der Waals surface area contributed by atoms with Crippen LogP contribution in [0.1, 0.15) is 31.9 Å². The minimum atomic E-state index is 0. The smallest absolute Gasteiger partial charge is 0.191 e. The minimum Gasteiger partial charge on any atom is -0.374 e. The summed E-state index contributed by atoms with van der Waals surface area (Å²) in [5.41, 5.74) is 2.70. The number of nitrogens with one attached hydrogen (secondary N) is 2. The average Bonchev–Trinajstić information content (AvgIpc) is 2.62. The molecule has 0 bridgehead atoms. The number of rotatable bonds is 7. The molecule has 6 heteroatoms. The van der Waals surface area contributed by atoms with Gasteiger partial charge < -0.3 is 15.4 Å². The van der Waals surface area contributed by atoms with Crippen LogP contribution < -0.4 is 10.6 Å². The molecule has 148 valence electrons. The van der Waals surface area contributed by atoms with Gasteiger partial charge in [0.2, 0.25) is 0 Å². The molecular formula is C20H35IN4O. The fourth-order valence-electron chi connectivity index (χ4n) is 3.27. The van der Waals surface area contributed by atoms with Gasteiger partial charge in [-0.15, -0.1) is 24.0 Å². The molecule has 0 aromatic heterocycles. The van der Waals surface area contributed by atoms with E-state index < -0.39 is 0 Å². The van der Waals surface area contributed by atoms with Crippen molar-refractivity contribution in [2.75, 3.05) is 39.8 Å². The van der Waals surface area contributed by atoms with Crippen LogP contribution in [0.3, 0.4) is 0 Å². The van der Waals surface area contributed by atoms with E-state index in [1.54, 1.807) is 0 Å². The van der Waals surface area contributed by atoms with Gasteiger partial charge >= 0.3 is 0 Å². The van der Waals surface area contributed by atoms with E-state index in [1.807, 2.05) is 7.05 Å². The lowest BCUT2D eigenvalue weighted by atomic mass is 10.1. The number of benzene rings is 1. The van der Waals surface area contributed by atoms with Crippen LogP contribution in [0.5, 0.6) is 0 Å². The third kappa shape index (κ3) is 7.80. The predicted molar refractivity (Wildman–Crippen MR) is 120 cm³/mol. The van der Waals surface area contributed by atoms with E-state index >= 15 is 0 Å². The van der Waals surface area contributed by atoms with Gasteiger partial charge in [-0.1, -0.05) is 45.0 Å². The molecule has 1 aliphatic rings. The highest BCUT2D eigenvalue weighted by Gasteiger charge is 2.21. The fraction of sp³-hybridized carbons (Fsp3) is 0.650. The Labute approximate surface area is 176 Å². The number of hydrogen-bond donors (Lipinski definition) is 2. The topological polar surface area (TPSA) is 48.9 Å². The lowest BCUT2D eigenvalue weighted by molar-refractivity contribution is -0.0284. The van der Waals surface area contributed by atoms with E-state index in [9.17, 15) is 0 Å². The number of hydrogen-bond acceptors (Lipinski definition) is 3. The Morgan fingerprint density at radius 3 is 2.65 bits per heavy atom. The normalized spacial score (nSPS) is 18.5. The molecule has 1 heterocycles. The highest BCUT2D eigenvalue weighted by Crippen LogP contribution is 2.09. The number of ether oxygens (including phenoxy) is 1. The average molecular weight is 474 g/mol. The molecule has 5 nitrogen and oxygen atoms in total. The maximum absolute atomic E-state index is 5.90. The highest BCUT2D eigenvalue weighted by molar-refractivity contribution is 14.0. The second kappa shape index (κ2) is 12.5. The maximum Gasteiger partial charge on any atom is 0.191 e. The first-order valence-corrected chi connectivity index (χ1v) is 9.47. The van der Waals surface area contributed by atoms with Gasteiger partial charge in [0.05, 0.1) is 12.7 Å². The van der Waals surface area contributed by atoms with Gasteiger partial charge in [-0.05, 0) is 23.5 Å². The van der Waals surface area contributed by atoms with E-state index in [2.05, 4.69) is 65.6 Å². The first-order chi connectivity index (χ1) is 12.1. The number of aliphatic imine (C=N–C) groups is 1. The minimum absolute atomic E-state index is 0. The van der Waals surface area contributed by atoms with Crippen molar-refractivity contribution in [2.24, 2.45) is 10.9 Å². The zero-order valence-electron chi connectivity index (χ0n) is 16.6. The summed E-state index contributed by atoms with van der Waals surface area (Å²) in [7, 11) is 1.81. The van der Waals surface area contributed by atoms with Gasteiger partial charge in [0.25, 0.3) is 0 Å². The van der Waals surface area contributed by atoms with E-state index in [0.29, 0.717) is 5.92 Å². The van der Waals surface area contributed by atoms with Crippen molar-refractivity contribution in [1.82, 2.24) is 15.5 Å². The molecule has 1 atom stereocenters. The summed E-state index contributed by atoms with van der Waals surface area (Å²) in [6, 6.07) is 8.55. The van der Waals surface area contributed by atoms with Crippen molar-refractivity contribution < 1.29 is 4.74 Å². The Morgan fingerprint density at radius 1 is 1.27 bits per heavy atom. The van der Waals surface area contributed by atoms with E-state index in [4.69, 9.17) is 4.74 Å². The van der Waals surface area contributed by atoms with Crippen LogP contribution in [0.25, 0.3) is 0 Å². The first-order valence-electron chi connectivity index (χ1n) is 9.47. The standard InChI is InChI=1S/C20H34N4O.HI/c1-5-17-8-6-7-9-18(17)12-22-20(21-4)23-13-19-15-24(10-11-25-19)14-16(2)3;/h6-9,16,19H,5,10-15H2,1-4H3,(H2,21,22,23);1H. The number of halogens is 1. The molecule has 2 N–H and O–H groups in total. The van der Waals surface area contributed by atoms with Crippen LogP contribution in [-0.2, 0) is 17.7 Å². The third-order valence-electron chi connectivity index (χ3n) is 4.51. The molecule has 2 rings (SSSR count). The van der Waals surface area contributed by atoms with Crippen LogP contribution in [-0.4, -0.2) is 56.8 Å². The Bertz CT molecular complexity index is 550. The SMILES string of the molecule is CCc1ccccc1CNC(=NC)NCC1CN(CC(C)C)CCO1.I. The van der Waals surface area contributed by atoms with Gasteiger partial charge in [0, 0.05) is 39.8 Å². The molecule has 1 aromatic rings. The summed E-state index contributed by atoms with van der Waals surface area (Å²) >= 11 is 0. The summed E-state index contributed by atoms with van der Waals surface area (Å²) in [4.78, 5) is 6.83. The van der Waals surface area contributed by atoms with Crippen LogP contribution in [0.2, 0.25) is 0 Å². The predicted octanol–water partition coefficient (Wildman–Crippen LogP) is 2.89. The molecule has 0 radical (unpaired) electrons. The largest absolute Gasteiger partial charge is 0.374 e.